The van der Waals surface area contributed by atoms with E-state index in [1.165, 1.54) is 6.42 Å². The number of nitrogens with zero attached hydrogens (tertiary/aromatic N) is 3. The SMILES string of the molecule is CC(C)OCCCN1C(=O)c2nc3ccccc3n2C[C@]1(C)C(=O)N[C@@H]1CCC[C@@H](C)[C@@H]1C. The van der Waals surface area contributed by atoms with Crippen molar-refractivity contribution in [3.05, 3.63) is 30.1 Å². The van der Waals surface area contributed by atoms with Gasteiger partial charge in [0.05, 0.1) is 23.7 Å². The molecule has 1 aromatic heterocycles. The van der Waals surface area contributed by atoms with E-state index in [-0.39, 0.29) is 24.0 Å². The zero-order chi connectivity index (χ0) is 23.8. The van der Waals surface area contributed by atoms with Crippen molar-refractivity contribution in [1.82, 2.24) is 19.8 Å². The van der Waals surface area contributed by atoms with E-state index >= 15 is 0 Å². The van der Waals surface area contributed by atoms with E-state index in [9.17, 15) is 9.59 Å². The lowest BCUT2D eigenvalue weighted by Crippen LogP contribution is -2.65. The number of amides is 2. The van der Waals surface area contributed by atoms with Crippen molar-refractivity contribution in [1.29, 1.82) is 0 Å². The Morgan fingerprint density at radius 2 is 2.03 bits per heavy atom. The predicted octanol–water partition coefficient (Wildman–Crippen LogP) is 4.01. The van der Waals surface area contributed by atoms with Crippen molar-refractivity contribution in [3.63, 3.8) is 0 Å². The lowest BCUT2D eigenvalue weighted by molar-refractivity contribution is -0.134. The minimum Gasteiger partial charge on any atom is -0.379 e. The Labute approximate surface area is 196 Å². The fraction of sp³-hybridized carbons (Fsp3) is 0.654. The summed E-state index contributed by atoms with van der Waals surface area (Å²) in [4.78, 5) is 33.8. The van der Waals surface area contributed by atoms with Gasteiger partial charge in [-0.3, -0.25) is 9.59 Å². The molecule has 1 fully saturated rings. The molecule has 1 N–H and O–H groups in total. The second-order valence-corrected chi connectivity index (χ2v) is 10.4. The third-order valence-corrected chi connectivity index (χ3v) is 7.64. The third-order valence-electron chi connectivity index (χ3n) is 7.64. The molecule has 1 saturated carbocycles. The smallest absolute Gasteiger partial charge is 0.290 e. The molecule has 0 unspecified atom stereocenters. The standard InChI is InChI=1S/C26H38N4O3/c1-17(2)33-15-9-14-30-24(31)23-27-21-11-6-7-13-22(21)29(23)16-26(30,5)25(32)28-20-12-8-10-18(3)19(20)4/h6-7,11,13,17-20H,8-10,12,14-16H2,1-5H3,(H,28,32)/t18-,19+,20-,26-/m1/s1. The van der Waals surface area contributed by atoms with E-state index in [2.05, 4.69) is 24.1 Å². The number of fused-ring (bicyclic) bond motifs is 3. The Balaban J connectivity index is 1.64. The zero-order valence-corrected chi connectivity index (χ0v) is 20.6. The molecule has 0 bridgehead atoms. The molecule has 1 aromatic carbocycles. The number of rotatable bonds is 7. The van der Waals surface area contributed by atoms with Crippen LogP contribution >= 0.6 is 0 Å². The Bertz CT molecular complexity index is 1020. The molecule has 180 valence electrons. The maximum absolute atomic E-state index is 13.8. The van der Waals surface area contributed by atoms with Gasteiger partial charge in [-0.15, -0.1) is 0 Å². The average Bonchev–Trinajstić information content (AvgIpc) is 3.14. The van der Waals surface area contributed by atoms with E-state index in [1.54, 1.807) is 4.90 Å². The van der Waals surface area contributed by atoms with Crippen molar-refractivity contribution in [2.45, 2.75) is 84.5 Å². The summed E-state index contributed by atoms with van der Waals surface area (Å²) >= 11 is 0. The highest BCUT2D eigenvalue weighted by molar-refractivity contribution is 6.01. The number of carbonyl (C=O) groups excluding carboxylic acids is 2. The largest absolute Gasteiger partial charge is 0.379 e. The van der Waals surface area contributed by atoms with Gasteiger partial charge in [0, 0.05) is 19.2 Å². The van der Waals surface area contributed by atoms with Gasteiger partial charge in [0.2, 0.25) is 5.91 Å². The van der Waals surface area contributed by atoms with Gasteiger partial charge in [-0.1, -0.05) is 38.8 Å². The highest BCUT2D eigenvalue weighted by Gasteiger charge is 2.49. The number of aromatic nitrogens is 2. The first kappa shape index (κ1) is 23.7. The summed E-state index contributed by atoms with van der Waals surface area (Å²) in [7, 11) is 0. The van der Waals surface area contributed by atoms with Crippen molar-refractivity contribution in [2.24, 2.45) is 11.8 Å². The molecular formula is C26H38N4O3. The molecule has 4 rings (SSSR count). The Kier molecular flexibility index (Phi) is 6.80. The van der Waals surface area contributed by atoms with Crippen LogP contribution in [0.25, 0.3) is 11.0 Å². The zero-order valence-electron chi connectivity index (χ0n) is 20.6. The molecular weight excluding hydrogens is 416 g/mol. The second-order valence-electron chi connectivity index (χ2n) is 10.4. The number of imidazole rings is 1. The molecule has 1 aliphatic carbocycles. The molecule has 2 aliphatic rings. The Morgan fingerprint density at radius 3 is 2.79 bits per heavy atom. The Morgan fingerprint density at radius 1 is 1.27 bits per heavy atom. The van der Waals surface area contributed by atoms with Crippen LogP contribution in [0.3, 0.4) is 0 Å². The van der Waals surface area contributed by atoms with E-state index in [0.29, 0.717) is 43.8 Å². The normalized spacial score (nSPS) is 27.8. The number of ether oxygens (including phenoxy) is 1. The van der Waals surface area contributed by atoms with Gasteiger partial charge >= 0.3 is 0 Å². The molecule has 1 aliphatic heterocycles. The van der Waals surface area contributed by atoms with Gasteiger partial charge in [0.1, 0.15) is 5.54 Å². The van der Waals surface area contributed by atoms with Crippen molar-refractivity contribution >= 4 is 22.8 Å². The van der Waals surface area contributed by atoms with Crippen LogP contribution in [-0.2, 0) is 16.1 Å². The first-order chi connectivity index (χ1) is 15.7. The van der Waals surface area contributed by atoms with Crippen LogP contribution in [0, 0.1) is 11.8 Å². The minimum absolute atomic E-state index is 0.0741. The van der Waals surface area contributed by atoms with Crippen LogP contribution in [0.2, 0.25) is 0 Å². The maximum Gasteiger partial charge on any atom is 0.290 e. The number of para-hydroxylation sites is 2. The topological polar surface area (TPSA) is 76.5 Å². The number of carbonyl (C=O) groups is 2. The number of hydrogen-bond donors (Lipinski definition) is 1. The first-order valence-electron chi connectivity index (χ1n) is 12.4. The van der Waals surface area contributed by atoms with Crippen LogP contribution in [0.5, 0.6) is 0 Å². The summed E-state index contributed by atoms with van der Waals surface area (Å²) in [5.41, 5.74) is 0.678. The van der Waals surface area contributed by atoms with E-state index in [1.807, 2.05) is 49.6 Å². The average molecular weight is 455 g/mol. The van der Waals surface area contributed by atoms with Gasteiger partial charge in [0.15, 0.2) is 5.82 Å². The Hall–Kier alpha value is -2.41. The van der Waals surface area contributed by atoms with Crippen LogP contribution in [0.1, 0.15) is 70.9 Å². The molecule has 33 heavy (non-hydrogen) atoms. The fourth-order valence-corrected chi connectivity index (χ4v) is 5.33. The molecule has 7 heteroatoms. The van der Waals surface area contributed by atoms with Gasteiger partial charge in [-0.2, -0.15) is 0 Å². The molecule has 2 heterocycles. The molecule has 2 amide bonds. The summed E-state index contributed by atoms with van der Waals surface area (Å²) in [5, 5.41) is 3.34. The van der Waals surface area contributed by atoms with Crippen LogP contribution in [-0.4, -0.2) is 57.1 Å². The number of nitrogens with one attached hydrogen (secondary N) is 1. The molecule has 2 aromatic rings. The second kappa shape index (κ2) is 9.45. The van der Waals surface area contributed by atoms with Crippen LogP contribution in [0.4, 0.5) is 0 Å². The van der Waals surface area contributed by atoms with Gasteiger partial charge in [-0.25, -0.2) is 4.98 Å². The summed E-state index contributed by atoms with van der Waals surface area (Å²) in [6.07, 6.45) is 4.12. The van der Waals surface area contributed by atoms with E-state index in [4.69, 9.17) is 4.74 Å². The molecule has 0 saturated heterocycles. The fourth-order valence-electron chi connectivity index (χ4n) is 5.33. The van der Waals surface area contributed by atoms with Gasteiger partial charge < -0.3 is 19.5 Å². The molecule has 7 nitrogen and oxygen atoms in total. The van der Waals surface area contributed by atoms with Gasteiger partial charge in [-0.05, 0) is 57.6 Å². The lowest BCUT2D eigenvalue weighted by Gasteiger charge is -2.45. The first-order valence-corrected chi connectivity index (χ1v) is 12.4. The summed E-state index contributed by atoms with van der Waals surface area (Å²) in [5.74, 6) is 1.15. The van der Waals surface area contributed by atoms with Crippen molar-refractivity contribution in [3.8, 4) is 0 Å². The number of benzene rings is 1. The summed E-state index contributed by atoms with van der Waals surface area (Å²) in [6, 6.07) is 7.89. The molecule has 0 spiro atoms. The molecule has 0 radical (unpaired) electrons. The maximum atomic E-state index is 13.8. The number of hydrogen-bond acceptors (Lipinski definition) is 4. The quantitative estimate of drug-likeness (QED) is 0.642. The van der Waals surface area contributed by atoms with E-state index in [0.717, 1.165) is 23.9 Å². The monoisotopic (exact) mass is 454 g/mol. The van der Waals surface area contributed by atoms with E-state index < -0.39 is 5.54 Å². The third kappa shape index (κ3) is 4.52. The summed E-state index contributed by atoms with van der Waals surface area (Å²) < 4.78 is 7.62. The van der Waals surface area contributed by atoms with Crippen molar-refractivity contribution in [2.75, 3.05) is 13.2 Å². The van der Waals surface area contributed by atoms with Crippen LogP contribution in [0.15, 0.2) is 24.3 Å². The lowest BCUT2D eigenvalue weighted by atomic mass is 9.77. The highest BCUT2D eigenvalue weighted by Crippen LogP contribution is 2.33. The van der Waals surface area contributed by atoms with Crippen molar-refractivity contribution < 1.29 is 14.3 Å². The molecule has 4 atom stereocenters. The van der Waals surface area contributed by atoms with Gasteiger partial charge in [0.25, 0.3) is 5.91 Å². The summed E-state index contributed by atoms with van der Waals surface area (Å²) in [6.45, 7) is 11.8. The minimum atomic E-state index is -0.994. The van der Waals surface area contributed by atoms with Crippen LogP contribution < -0.4 is 5.32 Å². The highest BCUT2D eigenvalue weighted by atomic mass is 16.5. The predicted molar refractivity (Wildman–Crippen MR) is 129 cm³/mol.